The number of aromatic nitrogens is 1. The number of nitrogens with one attached hydrogen (secondary N) is 2. The number of hydrogen-bond acceptors (Lipinski definition) is 6. The summed E-state index contributed by atoms with van der Waals surface area (Å²) in [5.74, 6) is -0.615. The molecular formula is C20H23ClN4O4S. The molecule has 2 aromatic rings. The second-order valence-corrected chi connectivity index (χ2v) is 8.14. The van der Waals surface area contributed by atoms with E-state index in [9.17, 15) is 14.4 Å². The molecule has 0 aliphatic carbocycles. The van der Waals surface area contributed by atoms with Crippen LogP contribution >= 0.6 is 22.9 Å². The smallest absolute Gasteiger partial charge is 0.325 e. The van der Waals surface area contributed by atoms with Crippen molar-refractivity contribution in [2.45, 2.75) is 26.2 Å². The number of esters is 1. The van der Waals surface area contributed by atoms with Crippen molar-refractivity contribution >= 4 is 51.7 Å². The minimum atomic E-state index is -0.446. The molecule has 3 rings (SSSR count). The molecule has 160 valence electrons. The summed E-state index contributed by atoms with van der Waals surface area (Å²) in [6.07, 6.45) is 1.61. The topological polar surface area (TPSA) is 101 Å². The number of likely N-dealkylation sites (tertiary alicyclic amines) is 1. The summed E-state index contributed by atoms with van der Waals surface area (Å²) in [6.45, 7) is 3.09. The molecule has 1 aromatic carbocycles. The molecule has 1 fully saturated rings. The van der Waals surface area contributed by atoms with Crippen LogP contribution in [0.1, 0.15) is 25.5 Å². The molecule has 1 atom stereocenters. The SMILES string of the molecule is CCOC(=O)C1CCCN(C(=O)Cc2csc(NC(=O)Nc3cccc(Cl)c3)n2)C1. The average Bonchev–Trinajstić information content (AvgIpc) is 3.14. The van der Waals surface area contributed by atoms with E-state index in [-0.39, 0.29) is 24.2 Å². The normalized spacial score (nSPS) is 16.1. The summed E-state index contributed by atoms with van der Waals surface area (Å²) in [5.41, 5.74) is 1.13. The highest BCUT2D eigenvalue weighted by Crippen LogP contribution is 2.21. The van der Waals surface area contributed by atoms with Crippen LogP contribution < -0.4 is 10.6 Å². The highest BCUT2D eigenvalue weighted by molar-refractivity contribution is 7.14. The fraction of sp³-hybridized carbons (Fsp3) is 0.400. The van der Waals surface area contributed by atoms with Crippen LogP contribution in [0.15, 0.2) is 29.6 Å². The number of amides is 3. The van der Waals surface area contributed by atoms with Crippen molar-refractivity contribution in [2.75, 3.05) is 30.3 Å². The van der Waals surface area contributed by atoms with Gasteiger partial charge in [0, 0.05) is 29.2 Å². The number of carbonyl (C=O) groups is 3. The zero-order chi connectivity index (χ0) is 21.5. The van der Waals surface area contributed by atoms with Gasteiger partial charge in [0.2, 0.25) is 5.91 Å². The van der Waals surface area contributed by atoms with Crippen LogP contribution in [0.4, 0.5) is 15.6 Å². The Balaban J connectivity index is 1.51. The van der Waals surface area contributed by atoms with E-state index in [1.807, 2.05) is 0 Å². The van der Waals surface area contributed by atoms with E-state index in [2.05, 4.69) is 15.6 Å². The van der Waals surface area contributed by atoms with Gasteiger partial charge < -0.3 is 15.0 Å². The molecule has 1 aliphatic heterocycles. The molecule has 3 amide bonds. The van der Waals surface area contributed by atoms with E-state index in [1.165, 1.54) is 11.3 Å². The minimum absolute atomic E-state index is 0.0933. The molecule has 1 unspecified atom stereocenters. The van der Waals surface area contributed by atoms with Crippen molar-refractivity contribution in [3.63, 3.8) is 0 Å². The van der Waals surface area contributed by atoms with Gasteiger partial charge in [-0.15, -0.1) is 11.3 Å². The quantitative estimate of drug-likeness (QED) is 0.652. The lowest BCUT2D eigenvalue weighted by Gasteiger charge is -2.31. The highest BCUT2D eigenvalue weighted by Gasteiger charge is 2.29. The Morgan fingerprint density at radius 1 is 1.33 bits per heavy atom. The Bertz CT molecular complexity index is 920. The molecule has 2 N–H and O–H groups in total. The number of piperidine rings is 1. The first-order valence-corrected chi connectivity index (χ1v) is 10.9. The number of ether oxygens (including phenoxy) is 1. The van der Waals surface area contributed by atoms with Gasteiger partial charge >= 0.3 is 12.0 Å². The number of thiazole rings is 1. The summed E-state index contributed by atoms with van der Waals surface area (Å²) in [7, 11) is 0. The molecule has 30 heavy (non-hydrogen) atoms. The van der Waals surface area contributed by atoms with Crippen LogP contribution in [0.3, 0.4) is 0 Å². The Labute approximate surface area is 183 Å². The molecule has 10 heteroatoms. The number of benzene rings is 1. The standard InChI is InChI=1S/C20H23ClN4O4S/c1-2-29-18(27)13-5-4-8-25(11-13)17(26)10-16-12-30-20(23-16)24-19(28)22-15-7-3-6-14(21)9-15/h3,6-7,9,12-13H,2,4-5,8,10-11H2,1H3,(H2,22,23,24,28). The third-order valence-electron chi connectivity index (χ3n) is 4.58. The number of nitrogens with zero attached hydrogens (tertiary/aromatic N) is 2. The van der Waals surface area contributed by atoms with Gasteiger partial charge in [-0.3, -0.25) is 14.9 Å². The van der Waals surface area contributed by atoms with E-state index in [0.717, 1.165) is 12.8 Å². The van der Waals surface area contributed by atoms with Crippen molar-refractivity contribution in [1.29, 1.82) is 0 Å². The second kappa shape index (κ2) is 10.4. The maximum absolute atomic E-state index is 12.6. The molecule has 1 saturated heterocycles. The van der Waals surface area contributed by atoms with Gasteiger partial charge in [0.25, 0.3) is 0 Å². The predicted molar refractivity (Wildman–Crippen MR) is 116 cm³/mol. The zero-order valence-corrected chi connectivity index (χ0v) is 18.1. The number of carbonyl (C=O) groups excluding carboxylic acids is 3. The van der Waals surface area contributed by atoms with Gasteiger partial charge in [0.1, 0.15) is 0 Å². The van der Waals surface area contributed by atoms with Crippen LogP contribution in [0.2, 0.25) is 5.02 Å². The van der Waals surface area contributed by atoms with E-state index in [4.69, 9.17) is 16.3 Å². The monoisotopic (exact) mass is 450 g/mol. The molecule has 1 aliphatic rings. The Morgan fingerprint density at radius 3 is 2.93 bits per heavy atom. The van der Waals surface area contributed by atoms with Crippen molar-refractivity contribution in [3.05, 3.63) is 40.4 Å². The number of halogens is 1. The van der Waals surface area contributed by atoms with Gasteiger partial charge in [0.15, 0.2) is 5.13 Å². The average molecular weight is 451 g/mol. The van der Waals surface area contributed by atoms with Crippen molar-refractivity contribution in [3.8, 4) is 0 Å². The molecule has 0 radical (unpaired) electrons. The molecule has 0 spiro atoms. The lowest BCUT2D eigenvalue weighted by molar-refractivity contribution is -0.151. The maximum atomic E-state index is 12.6. The van der Waals surface area contributed by atoms with Crippen molar-refractivity contribution < 1.29 is 19.1 Å². The first kappa shape index (κ1) is 22.0. The largest absolute Gasteiger partial charge is 0.466 e. The molecule has 8 nitrogen and oxygen atoms in total. The van der Waals surface area contributed by atoms with Crippen molar-refractivity contribution in [2.24, 2.45) is 5.92 Å². The zero-order valence-electron chi connectivity index (χ0n) is 16.5. The highest BCUT2D eigenvalue weighted by atomic mass is 35.5. The van der Waals surface area contributed by atoms with Gasteiger partial charge in [0.05, 0.1) is 24.6 Å². The Morgan fingerprint density at radius 2 is 2.17 bits per heavy atom. The summed E-state index contributed by atoms with van der Waals surface area (Å²) < 4.78 is 5.08. The van der Waals surface area contributed by atoms with Gasteiger partial charge in [-0.1, -0.05) is 17.7 Å². The van der Waals surface area contributed by atoms with Gasteiger partial charge in [-0.2, -0.15) is 0 Å². The van der Waals surface area contributed by atoms with E-state index in [0.29, 0.717) is 41.2 Å². The fourth-order valence-corrected chi connectivity index (χ4v) is 4.09. The third-order valence-corrected chi connectivity index (χ3v) is 5.62. The van der Waals surface area contributed by atoms with Crippen LogP contribution in [-0.4, -0.2) is 47.5 Å². The van der Waals surface area contributed by atoms with E-state index < -0.39 is 6.03 Å². The molecule has 0 saturated carbocycles. The summed E-state index contributed by atoms with van der Waals surface area (Å²) >= 11 is 7.14. The lowest BCUT2D eigenvalue weighted by atomic mass is 9.98. The van der Waals surface area contributed by atoms with Crippen LogP contribution in [0.25, 0.3) is 0 Å². The van der Waals surface area contributed by atoms with Crippen molar-refractivity contribution in [1.82, 2.24) is 9.88 Å². The number of rotatable bonds is 6. The minimum Gasteiger partial charge on any atom is -0.466 e. The predicted octanol–water partition coefficient (Wildman–Crippen LogP) is 3.78. The van der Waals surface area contributed by atoms with Gasteiger partial charge in [-0.25, -0.2) is 9.78 Å². The van der Waals surface area contributed by atoms with E-state index in [1.54, 1.807) is 41.5 Å². The molecule has 2 heterocycles. The van der Waals surface area contributed by atoms with E-state index >= 15 is 0 Å². The molecule has 0 bridgehead atoms. The summed E-state index contributed by atoms with van der Waals surface area (Å²) in [5, 5.41) is 7.96. The summed E-state index contributed by atoms with van der Waals surface area (Å²) in [6, 6.07) is 6.36. The summed E-state index contributed by atoms with van der Waals surface area (Å²) in [4.78, 5) is 42.7. The van der Waals surface area contributed by atoms with Crippen LogP contribution in [0, 0.1) is 5.92 Å². The maximum Gasteiger partial charge on any atom is 0.325 e. The molecule has 1 aromatic heterocycles. The number of urea groups is 1. The fourth-order valence-electron chi connectivity index (χ4n) is 3.19. The number of anilines is 2. The van der Waals surface area contributed by atoms with Crippen LogP contribution in [-0.2, 0) is 20.7 Å². The first-order valence-electron chi connectivity index (χ1n) is 9.67. The Kier molecular flexibility index (Phi) is 7.64. The Hall–Kier alpha value is -2.65. The third kappa shape index (κ3) is 6.17. The second-order valence-electron chi connectivity index (χ2n) is 6.84. The van der Waals surface area contributed by atoms with Crippen LogP contribution in [0.5, 0.6) is 0 Å². The molecular weight excluding hydrogens is 428 g/mol. The number of hydrogen-bond donors (Lipinski definition) is 2. The lowest BCUT2D eigenvalue weighted by Crippen LogP contribution is -2.43. The van der Waals surface area contributed by atoms with Gasteiger partial charge in [-0.05, 0) is 38.0 Å². The first-order chi connectivity index (χ1) is 14.4.